The van der Waals surface area contributed by atoms with Gasteiger partial charge in [0.25, 0.3) is 0 Å². The minimum atomic E-state index is -0.0690. The topological polar surface area (TPSA) is 17.6 Å². The maximum atomic E-state index is 6.41. The van der Waals surface area contributed by atoms with Crippen LogP contribution < -0.4 is 0 Å². The molecule has 4 aromatic heterocycles. The average molecular weight is 478 g/mol. The van der Waals surface area contributed by atoms with Gasteiger partial charge < -0.3 is 8.82 Å². The van der Waals surface area contributed by atoms with Gasteiger partial charge in [0, 0.05) is 41.7 Å². The molecule has 0 aliphatic heterocycles. The van der Waals surface area contributed by atoms with Gasteiger partial charge >= 0.3 is 0 Å². The zero-order valence-electron chi connectivity index (χ0n) is 19.8. The monoisotopic (exact) mass is 477 g/mol. The summed E-state index contributed by atoms with van der Waals surface area (Å²) in [6.07, 6.45) is 0. The minimum absolute atomic E-state index is 0.0690. The summed E-state index contributed by atoms with van der Waals surface area (Å²) in [4.78, 5) is 0. The molecule has 0 fully saturated rings. The van der Waals surface area contributed by atoms with Gasteiger partial charge in [0.2, 0.25) is 0 Å². The Balaban J connectivity index is 1.60. The minimum Gasteiger partial charge on any atom is -0.456 e. The average Bonchev–Trinajstić information content (AvgIpc) is 3.58. The van der Waals surface area contributed by atoms with Gasteiger partial charge in [-0.3, -0.25) is 0 Å². The fourth-order valence-electron chi connectivity index (χ4n) is 7.54. The van der Waals surface area contributed by atoms with E-state index in [1.807, 2.05) is 11.3 Å². The van der Waals surface area contributed by atoms with Gasteiger partial charge in [0.05, 0.1) is 21.9 Å². The lowest BCUT2D eigenvalue weighted by Gasteiger charge is -2.22. The summed E-state index contributed by atoms with van der Waals surface area (Å²) in [6.45, 7) is 4.78. The molecule has 0 radical (unpaired) electrons. The van der Waals surface area contributed by atoms with E-state index < -0.39 is 0 Å². The highest BCUT2D eigenvalue weighted by atomic mass is 32.1. The Morgan fingerprint density at radius 3 is 2.39 bits per heavy atom. The molecule has 1 aliphatic carbocycles. The highest BCUT2D eigenvalue weighted by Gasteiger charge is 2.38. The van der Waals surface area contributed by atoms with E-state index in [0.717, 1.165) is 11.2 Å². The molecule has 168 valence electrons. The lowest BCUT2D eigenvalue weighted by Crippen LogP contribution is -2.15. The zero-order chi connectivity index (χ0) is 23.5. The molecule has 2 nitrogen and oxygen atoms in total. The van der Waals surface area contributed by atoms with Crippen molar-refractivity contribution in [1.29, 1.82) is 0 Å². The second kappa shape index (κ2) is 5.50. The SMILES string of the molecule is CC1(C)c2ccccc2-c2ccc3c(c21)c1ccc2sc4ccc5oc6cccc7c6c5c4c2c1n37. The molecule has 0 N–H and O–H groups in total. The molecular weight excluding hydrogens is 458 g/mol. The summed E-state index contributed by atoms with van der Waals surface area (Å²) in [5, 5.41) is 7.96. The first kappa shape index (κ1) is 18.2. The Labute approximate surface area is 209 Å². The predicted molar refractivity (Wildman–Crippen MR) is 153 cm³/mol. The number of benzene rings is 5. The molecular formula is C33H19NOS. The number of nitrogens with zero attached hydrogens (tertiary/aromatic N) is 1. The molecule has 3 heteroatoms. The summed E-state index contributed by atoms with van der Waals surface area (Å²) >= 11 is 1.90. The molecule has 0 amide bonds. The van der Waals surface area contributed by atoms with Crippen molar-refractivity contribution in [1.82, 2.24) is 4.40 Å². The first-order valence-electron chi connectivity index (χ1n) is 12.5. The standard InChI is InChI=1S/C33H19NOS/c1-33(2)19-7-4-3-6-16(19)17-10-12-21-26(31(17)33)18-11-14-25-30-29-24(36-25)15-13-23-28(29)27-20(34(21)32(18)30)8-5-9-22(27)35-23/h3-15H,1-2H3. The Hall–Kier alpha value is -4.08. The third-order valence-electron chi connectivity index (χ3n) is 8.89. The van der Waals surface area contributed by atoms with Crippen LogP contribution in [0.25, 0.3) is 80.6 Å². The van der Waals surface area contributed by atoms with Crippen LogP contribution in [-0.2, 0) is 5.41 Å². The number of fused-ring (bicyclic) bond motifs is 8. The van der Waals surface area contributed by atoms with Gasteiger partial charge in [0.1, 0.15) is 11.2 Å². The maximum Gasteiger partial charge on any atom is 0.137 e. The molecule has 0 bridgehead atoms. The number of hydrogen-bond donors (Lipinski definition) is 0. The number of furan rings is 1. The van der Waals surface area contributed by atoms with Crippen molar-refractivity contribution in [2.24, 2.45) is 0 Å². The molecule has 10 rings (SSSR count). The lowest BCUT2D eigenvalue weighted by molar-refractivity contribution is 0.666. The van der Waals surface area contributed by atoms with E-state index in [4.69, 9.17) is 4.42 Å². The van der Waals surface area contributed by atoms with Crippen molar-refractivity contribution < 1.29 is 4.42 Å². The van der Waals surface area contributed by atoms with Crippen molar-refractivity contribution in [2.75, 3.05) is 0 Å². The first-order chi connectivity index (χ1) is 17.6. The van der Waals surface area contributed by atoms with E-state index in [1.54, 1.807) is 0 Å². The predicted octanol–water partition coefficient (Wildman–Crippen LogP) is 9.69. The molecule has 0 unspecified atom stereocenters. The van der Waals surface area contributed by atoms with E-state index in [0.29, 0.717) is 0 Å². The van der Waals surface area contributed by atoms with Crippen LogP contribution in [0.3, 0.4) is 0 Å². The van der Waals surface area contributed by atoms with Crippen LogP contribution in [-0.4, -0.2) is 4.40 Å². The van der Waals surface area contributed by atoms with E-state index in [9.17, 15) is 0 Å². The Kier molecular flexibility index (Phi) is 2.79. The quantitative estimate of drug-likeness (QED) is 0.212. The van der Waals surface area contributed by atoms with Gasteiger partial charge in [-0.15, -0.1) is 11.3 Å². The van der Waals surface area contributed by atoms with Crippen LogP contribution in [0.5, 0.6) is 0 Å². The Morgan fingerprint density at radius 2 is 1.44 bits per heavy atom. The third kappa shape index (κ3) is 1.74. The summed E-state index contributed by atoms with van der Waals surface area (Å²) in [7, 11) is 0. The summed E-state index contributed by atoms with van der Waals surface area (Å²) in [5.41, 5.74) is 11.3. The molecule has 36 heavy (non-hydrogen) atoms. The number of hydrogen-bond acceptors (Lipinski definition) is 2. The van der Waals surface area contributed by atoms with Crippen molar-refractivity contribution in [3.05, 3.63) is 90.0 Å². The van der Waals surface area contributed by atoms with E-state index in [2.05, 4.69) is 97.1 Å². The highest BCUT2D eigenvalue weighted by molar-refractivity contribution is 7.26. The third-order valence-corrected chi connectivity index (χ3v) is 10.0. The fraction of sp³-hybridized carbons (Fsp3) is 0.0909. The molecule has 9 aromatic rings. The number of thiophene rings is 1. The smallest absolute Gasteiger partial charge is 0.137 e. The van der Waals surface area contributed by atoms with Crippen molar-refractivity contribution >= 4 is 80.8 Å². The maximum absolute atomic E-state index is 6.41. The Bertz CT molecular complexity index is 2390. The fourth-order valence-corrected chi connectivity index (χ4v) is 8.65. The summed E-state index contributed by atoms with van der Waals surface area (Å²) in [6, 6.07) is 29.3. The zero-order valence-corrected chi connectivity index (χ0v) is 20.6. The van der Waals surface area contributed by atoms with Crippen molar-refractivity contribution in [3.8, 4) is 11.1 Å². The molecule has 0 saturated heterocycles. The van der Waals surface area contributed by atoms with Crippen molar-refractivity contribution in [3.63, 3.8) is 0 Å². The van der Waals surface area contributed by atoms with Crippen LogP contribution >= 0.6 is 11.3 Å². The van der Waals surface area contributed by atoms with Crippen LogP contribution in [0, 0.1) is 0 Å². The van der Waals surface area contributed by atoms with Gasteiger partial charge in [-0.2, -0.15) is 0 Å². The molecule has 0 atom stereocenters. The summed E-state index contributed by atoms with van der Waals surface area (Å²) in [5.74, 6) is 0. The second-order valence-electron chi connectivity index (χ2n) is 10.9. The van der Waals surface area contributed by atoms with Gasteiger partial charge in [-0.25, -0.2) is 0 Å². The van der Waals surface area contributed by atoms with Gasteiger partial charge in [-0.05, 0) is 58.7 Å². The molecule has 5 aromatic carbocycles. The van der Waals surface area contributed by atoms with Crippen LogP contribution in [0.4, 0.5) is 0 Å². The van der Waals surface area contributed by atoms with Crippen LogP contribution in [0.1, 0.15) is 25.0 Å². The van der Waals surface area contributed by atoms with E-state index in [-0.39, 0.29) is 5.41 Å². The molecule has 0 saturated carbocycles. The van der Waals surface area contributed by atoms with E-state index in [1.165, 1.54) is 80.5 Å². The van der Waals surface area contributed by atoms with Crippen LogP contribution in [0.15, 0.2) is 83.3 Å². The van der Waals surface area contributed by atoms with E-state index >= 15 is 0 Å². The number of rotatable bonds is 0. The van der Waals surface area contributed by atoms with Gasteiger partial charge in [0.15, 0.2) is 0 Å². The Morgan fingerprint density at radius 1 is 0.639 bits per heavy atom. The number of aromatic nitrogens is 1. The lowest BCUT2D eigenvalue weighted by atomic mass is 9.80. The van der Waals surface area contributed by atoms with Crippen molar-refractivity contribution in [2.45, 2.75) is 19.3 Å². The first-order valence-corrected chi connectivity index (χ1v) is 13.4. The van der Waals surface area contributed by atoms with Gasteiger partial charge in [-0.1, -0.05) is 56.3 Å². The van der Waals surface area contributed by atoms with Crippen LogP contribution in [0.2, 0.25) is 0 Å². The molecule has 0 spiro atoms. The molecule has 4 heterocycles. The second-order valence-corrected chi connectivity index (χ2v) is 12.0. The summed E-state index contributed by atoms with van der Waals surface area (Å²) < 4.78 is 11.6. The highest BCUT2D eigenvalue weighted by Crippen LogP contribution is 2.55. The normalized spacial score (nSPS) is 15.2. The molecule has 1 aliphatic rings. The largest absolute Gasteiger partial charge is 0.456 e.